The Morgan fingerprint density at radius 2 is 1.56 bits per heavy atom. The van der Waals surface area contributed by atoms with Gasteiger partial charge in [0.15, 0.2) is 0 Å². The van der Waals surface area contributed by atoms with E-state index in [1.54, 1.807) is 36.4 Å². The van der Waals surface area contributed by atoms with Gasteiger partial charge in [0.1, 0.15) is 0 Å². The third-order valence-corrected chi connectivity index (χ3v) is 3.22. The average molecular weight is 384 g/mol. The highest BCUT2D eigenvalue weighted by atomic mass is 19.4. The van der Waals surface area contributed by atoms with Crippen LogP contribution in [0.3, 0.4) is 0 Å². The molecule has 0 aliphatic heterocycles. The maximum Gasteiger partial charge on any atom is 0.394 e. The molecule has 0 amide bonds. The second-order valence-electron chi connectivity index (χ2n) is 5.95. The predicted octanol–water partition coefficient (Wildman–Crippen LogP) is 6.14. The quantitative estimate of drug-likeness (QED) is 0.621. The zero-order valence-corrected chi connectivity index (χ0v) is 17.3. The van der Waals surface area contributed by atoms with Crippen molar-refractivity contribution in [1.82, 2.24) is 14.9 Å². The van der Waals surface area contributed by atoms with E-state index in [1.165, 1.54) is 13.0 Å². The van der Waals surface area contributed by atoms with Crippen LogP contribution in [0.2, 0.25) is 0 Å². The number of halogens is 3. The van der Waals surface area contributed by atoms with Crippen molar-refractivity contribution < 1.29 is 13.2 Å². The fourth-order valence-electron chi connectivity index (χ4n) is 2.18. The molecular formula is C21H32F3N3. The first kappa shape index (κ1) is 25.1. The molecule has 0 saturated carbocycles. The fourth-order valence-corrected chi connectivity index (χ4v) is 2.18. The van der Waals surface area contributed by atoms with Crippen molar-refractivity contribution in [1.29, 1.82) is 0 Å². The summed E-state index contributed by atoms with van der Waals surface area (Å²) < 4.78 is 37.7. The molecule has 0 fully saturated rings. The van der Waals surface area contributed by atoms with Gasteiger partial charge in [-0.2, -0.15) is 13.2 Å². The van der Waals surface area contributed by atoms with Gasteiger partial charge in [-0.1, -0.05) is 45.9 Å². The predicted molar refractivity (Wildman–Crippen MR) is 109 cm³/mol. The van der Waals surface area contributed by atoms with E-state index in [0.717, 1.165) is 6.42 Å². The first-order chi connectivity index (χ1) is 12.8. The Morgan fingerprint density at radius 1 is 1.00 bits per heavy atom. The van der Waals surface area contributed by atoms with Gasteiger partial charge in [0.25, 0.3) is 0 Å². The first-order valence-corrected chi connectivity index (χ1v) is 9.40. The molecule has 3 nitrogen and oxygen atoms in total. The van der Waals surface area contributed by atoms with Crippen LogP contribution in [-0.2, 0) is 6.42 Å². The maximum absolute atomic E-state index is 12.6. The number of allylic oxidation sites excluding steroid dienone is 1. The molecule has 152 valence electrons. The molecule has 2 aromatic rings. The lowest BCUT2D eigenvalue weighted by molar-refractivity contribution is -0.127. The minimum atomic E-state index is -4.29. The van der Waals surface area contributed by atoms with Crippen molar-refractivity contribution in [3.63, 3.8) is 0 Å². The molecule has 0 bridgehead atoms. The van der Waals surface area contributed by atoms with Gasteiger partial charge in [-0.25, -0.2) is 9.97 Å². The Labute approximate surface area is 161 Å². The van der Waals surface area contributed by atoms with Crippen LogP contribution in [0, 0.1) is 0 Å². The molecule has 0 atom stereocenters. The van der Waals surface area contributed by atoms with Gasteiger partial charge in [-0.3, -0.25) is 0 Å². The van der Waals surface area contributed by atoms with E-state index in [0.29, 0.717) is 11.0 Å². The number of rotatable bonds is 5. The van der Waals surface area contributed by atoms with Crippen molar-refractivity contribution in [2.75, 3.05) is 20.6 Å². The van der Waals surface area contributed by atoms with Crippen LogP contribution in [0.4, 0.5) is 13.2 Å². The third kappa shape index (κ3) is 10.7. The van der Waals surface area contributed by atoms with Crippen LogP contribution in [0.5, 0.6) is 0 Å². The Hall–Kier alpha value is -1.95. The van der Waals surface area contributed by atoms with Gasteiger partial charge in [0.05, 0.1) is 28.8 Å². The SMILES string of the molecule is CC.CC/C=C/c1nc2ccccc2nc1CC(F)(F)F.CCCN(C)C. The standard InChI is InChI=1S/C14H13F3N2.C5H13N.C2H6/c1-2-3-6-12-13(9-14(15,16)17)19-11-8-5-4-7-10(11)18-12;1-4-5-6(2)3;1-2/h3-8H,2,9H2,1H3;4-5H2,1-3H3;1-2H3/b6-3+;;. The molecule has 2 rings (SSSR count). The number of nitrogens with zero attached hydrogens (tertiary/aromatic N) is 3. The van der Waals surface area contributed by atoms with Gasteiger partial charge >= 0.3 is 6.18 Å². The van der Waals surface area contributed by atoms with Crippen molar-refractivity contribution in [3.05, 3.63) is 41.7 Å². The van der Waals surface area contributed by atoms with Crippen LogP contribution in [0.15, 0.2) is 30.3 Å². The minimum Gasteiger partial charge on any atom is -0.309 e. The van der Waals surface area contributed by atoms with E-state index < -0.39 is 12.6 Å². The second-order valence-corrected chi connectivity index (χ2v) is 5.95. The smallest absolute Gasteiger partial charge is 0.309 e. The summed E-state index contributed by atoms with van der Waals surface area (Å²) in [5.41, 5.74) is 1.34. The number of para-hydroxylation sites is 2. The van der Waals surface area contributed by atoms with E-state index in [-0.39, 0.29) is 11.4 Å². The summed E-state index contributed by atoms with van der Waals surface area (Å²) in [5.74, 6) is 0. The normalized spacial score (nSPS) is 11.2. The average Bonchev–Trinajstić information content (AvgIpc) is 2.60. The maximum atomic E-state index is 12.6. The molecule has 1 aromatic heterocycles. The van der Waals surface area contributed by atoms with Crippen LogP contribution in [0.1, 0.15) is 51.9 Å². The van der Waals surface area contributed by atoms with E-state index in [1.807, 2.05) is 20.8 Å². The highest BCUT2D eigenvalue weighted by Crippen LogP contribution is 2.24. The summed E-state index contributed by atoms with van der Waals surface area (Å²) in [6.45, 7) is 9.30. The van der Waals surface area contributed by atoms with Gasteiger partial charge in [0.2, 0.25) is 0 Å². The van der Waals surface area contributed by atoms with Gasteiger partial charge < -0.3 is 4.90 Å². The number of fused-ring (bicyclic) bond motifs is 1. The highest BCUT2D eigenvalue weighted by molar-refractivity contribution is 5.75. The topological polar surface area (TPSA) is 29.0 Å². The number of hydrogen-bond donors (Lipinski definition) is 0. The molecule has 0 aliphatic rings. The summed E-state index contributed by atoms with van der Waals surface area (Å²) in [6, 6.07) is 6.92. The van der Waals surface area contributed by atoms with E-state index in [2.05, 4.69) is 35.9 Å². The highest BCUT2D eigenvalue weighted by Gasteiger charge is 2.30. The third-order valence-electron chi connectivity index (χ3n) is 3.22. The Morgan fingerprint density at radius 3 is 1.96 bits per heavy atom. The largest absolute Gasteiger partial charge is 0.394 e. The Balaban J connectivity index is 0.000000722. The molecule has 1 heterocycles. The zero-order valence-electron chi connectivity index (χ0n) is 17.3. The molecule has 0 aliphatic carbocycles. The summed E-state index contributed by atoms with van der Waals surface area (Å²) in [5, 5.41) is 0. The Bertz CT molecular complexity index is 680. The van der Waals surface area contributed by atoms with Gasteiger partial charge in [-0.15, -0.1) is 0 Å². The Kier molecular flexibility index (Phi) is 12.3. The fraction of sp³-hybridized carbons (Fsp3) is 0.524. The molecule has 27 heavy (non-hydrogen) atoms. The lowest BCUT2D eigenvalue weighted by Gasteiger charge is -2.09. The van der Waals surface area contributed by atoms with Gasteiger partial charge in [0, 0.05) is 0 Å². The summed E-state index contributed by atoms with van der Waals surface area (Å²) in [7, 11) is 4.17. The lowest BCUT2D eigenvalue weighted by atomic mass is 10.2. The summed E-state index contributed by atoms with van der Waals surface area (Å²) in [4.78, 5) is 10.5. The minimum absolute atomic E-state index is 0.0316. The monoisotopic (exact) mass is 383 g/mol. The molecular weight excluding hydrogens is 351 g/mol. The van der Waals surface area contributed by atoms with Crippen LogP contribution in [-0.4, -0.2) is 41.7 Å². The zero-order chi connectivity index (χ0) is 20.9. The van der Waals surface area contributed by atoms with E-state index in [9.17, 15) is 13.2 Å². The summed E-state index contributed by atoms with van der Waals surface area (Å²) >= 11 is 0. The molecule has 1 aromatic carbocycles. The lowest BCUT2D eigenvalue weighted by Crippen LogP contribution is -2.14. The van der Waals surface area contributed by atoms with Crippen molar-refractivity contribution in [3.8, 4) is 0 Å². The molecule has 0 saturated heterocycles. The van der Waals surface area contributed by atoms with Crippen molar-refractivity contribution in [2.45, 2.75) is 53.1 Å². The summed E-state index contributed by atoms with van der Waals surface area (Å²) in [6.07, 6.45) is 0.0201. The number of aromatic nitrogens is 2. The van der Waals surface area contributed by atoms with Gasteiger partial charge in [-0.05, 0) is 51.7 Å². The molecule has 0 spiro atoms. The van der Waals surface area contributed by atoms with E-state index >= 15 is 0 Å². The molecule has 6 heteroatoms. The number of benzene rings is 1. The number of alkyl halides is 3. The molecule has 0 radical (unpaired) electrons. The van der Waals surface area contributed by atoms with Crippen LogP contribution >= 0.6 is 0 Å². The molecule has 0 unspecified atom stereocenters. The second kappa shape index (κ2) is 13.3. The molecule has 0 N–H and O–H groups in total. The van der Waals surface area contributed by atoms with E-state index in [4.69, 9.17) is 0 Å². The van der Waals surface area contributed by atoms with Crippen LogP contribution < -0.4 is 0 Å². The van der Waals surface area contributed by atoms with Crippen molar-refractivity contribution >= 4 is 17.1 Å². The van der Waals surface area contributed by atoms with Crippen LogP contribution in [0.25, 0.3) is 17.1 Å². The van der Waals surface area contributed by atoms with Crippen molar-refractivity contribution in [2.24, 2.45) is 0 Å². The first-order valence-electron chi connectivity index (χ1n) is 9.40. The number of hydrogen-bond acceptors (Lipinski definition) is 3.